The number of nitrogens with one attached hydrogen (secondary N) is 1. The van der Waals surface area contributed by atoms with Gasteiger partial charge in [-0.25, -0.2) is 0 Å². The van der Waals surface area contributed by atoms with Crippen molar-refractivity contribution in [3.8, 4) is 0 Å². The van der Waals surface area contributed by atoms with E-state index in [1.54, 1.807) is 6.92 Å². The Labute approximate surface area is 102 Å². The zero-order valence-corrected chi connectivity index (χ0v) is 10.6. The van der Waals surface area contributed by atoms with Crippen LogP contribution in [0.5, 0.6) is 0 Å². The van der Waals surface area contributed by atoms with Gasteiger partial charge in [0.2, 0.25) is 5.91 Å². The number of hydrogen-bond acceptors (Lipinski definition) is 4. The van der Waals surface area contributed by atoms with E-state index in [1.807, 2.05) is 4.90 Å². The molecule has 1 amide bonds. The van der Waals surface area contributed by atoms with E-state index in [-0.39, 0.29) is 5.91 Å². The number of nitrogens with zero attached hydrogens (tertiary/aromatic N) is 1. The van der Waals surface area contributed by atoms with Gasteiger partial charge in [0.15, 0.2) is 5.05 Å². The average molecular weight is 244 g/mol. The molecule has 1 N–H and O–H groups in total. The second kappa shape index (κ2) is 7.57. The van der Waals surface area contributed by atoms with Crippen LogP contribution in [0.1, 0.15) is 26.2 Å². The lowest BCUT2D eigenvalue weighted by atomic mass is 10.2. The van der Waals surface area contributed by atoms with E-state index in [1.165, 1.54) is 0 Å². The number of carbonyl (C=O) groups excluding carboxylic acids is 1. The first-order chi connectivity index (χ1) is 7.70. The highest BCUT2D eigenvalue weighted by Gasteiger charge is 2.14. The molecule has 0 spiro atoms. The molecule has 0 aromatic heterocycles. The van der Waals surface area contributed by atoms with Gasteiger partial charge in [0, 0.05) is 39.5 Å². The van der Waals surface area contributed by atoms with Crippen molar-refractivity contribution in [3.63, 3.8) is 0 Å². The van der Waals surface area contributed by atoms with Crippen LogP contribution in [0.3, 0.4) is 0 Å². The Kier molecular flexibility index (Phi) is 6.33. The Morgan fingerprint density at radius 2 is 2.06 bits per heavy atom. The molecule has 1 aliphatic rings. The highest BCUT2D eigenvalue weighted by Crippen LogP contribution is 2.02. The summed E-state index contributed by atoms with van der Waals surface area (Å²) < 4.78 is 5.17. The molecule has 0 aromatic rings. The molecule has 0 aromatic carbocycles. The van der Waals surface area contributed by atoms with Crippen molar-refractivity contribution in [1.29, 1.82) is 0 Å². The van der Waals surface area contributed by atoms with Crippen molar-refractivity contribution in [2.75, 3.05) is 32.8 Å². The molecule has 1 heterocycles. The fourth-order valence-electron chi connectivity index (χ4n) is 1.67. The number of ether oxygens (including phenoxy) is 1. The van der Waals surface area contributed by atoms with Gasteiger partial charge in [-0.15, -0.1) is 0 Å². The first kappa shape index (κ1) is 13.4. The Hall–Kier alpha value is -0.680. The van der Waals surface area contributed by atoms with Crippen LogP contribution in [0.4, 0.5) is 0 Å². The van der Waals surface area contributed by atoms with Crippen LogP contribution in [-0.4, -0.2) is 48.6 Å². The maximum Gasteiger partial charge on any atom is 0.222 e. The first-order valence-corrected chi connectivity index (χ1v) is 6.23. The quantitative estimate of drug-likeness (QED) is 0.577. The fraction of sp³-hybridized carbons (Fsp3) is 0.818. The summed E-state index contributed by atoms with van der Waals surface area (Å²) in [6.45, 7) is 5.91. The molecule has 4 nitrogen and oxygen atoms in total. The number of unbranched alkanes of at least 4 members (excludes halogenated alkanes) is 1. The van der Waals surface area contributed by atoms with Crippen LogP contribution in [0.2, 0.25) is 0 Å². The molecular weight excluding hydrogens is 224 g/mol. The van der Waals surface area contributed by atoms with Crippen LogP contribution >= 0.6 is 12.2 Å². The number of carbonyl (C=O) groups is 1. The van der Waals surface area contributed by atoms with Crippen molar-refractivity contribution >= 4 is 23.2 Å². The summed E-state index contributed by atoms with van der Waals surface area (Å²) in [4.78, 5) is 13.7. The number of piperazine rings is 1. The summed E-state index contributed by atoms with van der Waals surface area (Å²) in [6, 6.07) is 0. The minimum Gasteiger partial charge on any atom is -0.487 e. The normalized spacial score (nSPS) is 15.9. The van der Waals surface area contributed by atoms with Gasteiger partial charge >= 0.3 is 0 Å². The third-order valence-corrected chi connectivity index (χ3v) is 2.68. The van der Waals surface area contributed by atoms with Gasteiger partial charge in [-0.3, -0.25) is 4.79 Å². The van der Waals surface area contributed by atoms with Crippen LogP contribution < -0.4 is 5.32 Å². The molecule has 92 valence electrons. The zero-order chi connectivity index (χ0) is 11.8. The standard InChI is InChI=1S/C11H20N2O2S/c1-10(16)15-9-3-2-4-11(14)13-7-5-12-6-8-13/h12H,2-9H2,1H3. The summed E-state index contributed by atoms with van der Waals surface area (Å²) >= 11 is 4.79. The lowest BCUT2D eigenvalue weighted by molar-refractivity contribution is -0.131. The molecule has 1 fully saturated rings. The molecular formula is C11H20N2O2S. The summed E-state index contributed by atoms with van der Waals surface area (Å²) in [5.74, 6) is 0.264. The minimum absolute atomic E-state index is 0.264. The molecule has 1 saturated heterocycles. The van der Waals surface area contributed by atoms with Crippen molar-refractivity contribution < 1.29 is 9.53 Å². The highest BCUT2D eigenvalue weighted by molar-refractivity contribution is 7.80. The van der Waals surface area contributed by atoms with E-state index in [0.29, 0.717) is 18.1 Å². The lowest BCUT2D eigenvalue weighted by Gasteiger charge is -2.27. The summed E-state index contributed by atoms with van der Waals surface area (Å²) in [5.41, 5.74) is 0. The van der Waals surface area contributed by atoms with E-state index in [4.69, 9.17) is 17.0 Å². The third kappa shape index (κ3) is 5.42. The summed E-state index contributed by atoms with van der Waals surface area (Å²) in [6.07, 6.45) is 2.40. The largest absolute Gasteiger partial charge is 0.487 e. The molecule has 0 radical (unpaired) electrons. The van der Waals surface area contributed by atoms with Crippen LogP contribution in [0, 0.1) is 0 Å². The Morgan fingerprint density at radius 1 is 1.38 bits per heavy atom. The Bertz CT molecular complexity index is 240. The smallest absolute Gasteiger partial charge is 0.222 e. The van der Waals surface area contributed by atoms with Gasteiger partial charge in [-0.2, -0.15) is 0 Å². The predicted molar refractivity (Wildman–Crippen MR) is 67.5 cm³/mol. The topological polar surface area (TPSA) is 41.6 Å². The fourth-order valence-corrected chi connectivity index (χ4v) is 1.75. The first-order valence-electron chi connectivity index (χ1n) is 5.82. The maximum absolute atomic E-state index is 11.7. The Balaban J connectivity index is 2.03. The van der Waals surface area contributed by atoms with Gasteiger partial charge in [-0.05, 0) is 25.1 Å². The number of amides is 1. The summed E-state index contributed by atoms with van der Waals surface area (Å²) in [7, 11) is 0. The van der Waals surface area contributed by atoms with E-state index < -0.39 is 0 Å². The number of thiocarbonyl (C=S) groups is 1. The molecule has 5 heteroatoms. The van der Waals surface area contributed by atoms with Gasteiger partial charge in [-0.1, -0.05) is 0 Å². The Morgan fingerprint density at radius 3 is 2.69 bits per heavy atom. The van der Waals surface area contributed by atoms with Gasteiger partial charge < -0.3 is 15.0 Å². The SMILES string of the molecule is CC(=S)OCCCCC(=O)N1CCNCC1. The molecule has 0 bridgehead atoms. The van der Waals surface area contributed by atoms with Gasteiger partial charge in [0.05, 0.1) is 6.61 Å². The number of hydrogen-bond donors (Lipinski definition) is 1. The average Bonchev–Trinajstić information content (AvgIpc) is 2.29. The number of rotatable bonds is 5. The maximum atomic E-state index is 11.7. The van der Waals surface area contributed by atoms with E-state index in [9.17, 15) is 4.79 Å². The lowest BCUT2D eigenvalue weighted by Crippen LogP contribution is -2.46. The van der Waals surface area contributed by atoms with Crippen LogP contribution in [-0.2, 0) is 9.53 Å². The monoisotopic (exact) mass is 244 g/mol. The minimum atomic E-state index is 0.264. The van der Waals surface area contributed by atoms with Gasteiger partial charge in [0.25, 0.3) is 0 Å². The second-order valence-electron chi connectivity index (χ2n) is 3.93. The van der Waals surface area contributed by atoms with E-state index >= 15 is 0 Å². The highest BCUT2D eigenvalue weighted by atomic mass is 32.1. The summed E-state index contributed by atoms with van der Waals surface area (Å²) in [5, 5.41) is 3.81. The zero-order valence-electron chi connectivity index (χ0n) is 9.83. The van der Waals surface area contributed by atoms with Crippen molar-refractivity contribution in [2.24, 2.45) is 0 Å². The van der Waals surface area contributed by atoms with E-state index in [0.717, 1.165) is 39.0 Å². The molecule has 16 heavy (non-hydrogen) atoms. The van der Waals surface area contributed by atoms with Crippen molar-refractivity contribution in [3.05, 3.63) is 0 Å². The van der Waals surface area contributed by atoms with Crippen molar-refractivity contribution in [2.45, 2.75) is 26.2 Å². The van der Waals surface area contributed by atoms with Crippen molar-refractivity contribution in [1.82, 2.24) is 10.2 Å². The van der Waals surface area contributed by atoms with E-state index in [2.05, 4.69) is 5.32 Å². The molecule has 0 unspecified atom stereocenters. The molecule has 1 rings (SSSR count). The molecule has 0 aliphatic carbocycles. The molecule has 1 aliphatic heterocycles. The van der Waals surface area contributed by atoms with Gasteiger partial charge in [0.1, 0.15) is 0 Å². The molecule has 0 atom stereocenters. The van der Waals surface area contributed by atoms with Crippen LogP contribution in [0.25, 0.3) is 0 Å². The molecule has 0 saturated carbocycles. The second-order valence-corrected chi connectivity index (χ2v) is 4.50. The predicted octanol–water partition coefficient (Wildman–Crippen LogP) is 0.952. The van der Waals surface area contributed by atoms with Crippen LogP contribution in [0.15, 0.2) is 0 Å². The third-order valence-electron chi connectivity index (χ3n) is 2.56.